The van der Waals surface area contributed by atoms with Gasteiger partial charge < -0.3 is 10.5 Å². The van der Waals surface area contributed by atoms with Crippen LogP contribution in [0.15, 0.2) is 24.3 Å². The number of hydrogen-bond donors (Lipinski definition) is 1. The first-order valence-corrected chi connectivity index (χ1v) is 6.44. The van der Waals surface area contributed by atoms with Gasteiger partial charge in [0.1, 0.15) is 5.82 Å². The third kappa shape index (κ3) is 2.88. The second-order valence-electron chi connectivity index (χ2n) is 4.99. The summed E-state index contributed by atoms with van der Waals surface area (Å²) in [6.45, 7) is 6.32. The van der Waals surface area contributed by atoms with E-state index < -0.39 is 0 Å². The largest absolute Gasteiger partial charge is 0.376 e. The minimum atomic E-state index is -0.210. The topological polar surface area (TPSA) is 38.5 Å². The maximum absolute atomic E-state index is 13.0. The number of benzene rings is 1. The summed E-state index contributed by atoms with van der Waals surface area (Å²) in [5.74, 6) is -0.210. The van der Waals surface area contributed by atoms with Gasteiger partial charge in [-0.05, 0) is 31.5 Å². The van der Waals surface area contributed by atoms with Crippen LogP contribution in [0.1, 0.15) is 25.5 Å². The summed E-state index contributed by atoms with van der Waals surface area (Å²) < 4.78 is 18.6. The number of nitrogens with zero attached hydrogens (tertiary/aromatic N) is 1. The third-order valence-electron chi connectivity index (χ3n) is 3.53. The summed E-state index contributed by atoms with van der Waals surface area (Å²) in [6.07, 6.45) is 0.218. The van der Waals surface area contributed by atoms with Gasteiger partial charge in [0.2, 0.25) is 0 Å². The van der Waals surface area contributed by atoms with Gasteiger partial charge in [-0.15, -0.1) is 0 Å². The fraction of sp³-hybridized carbons (Fsp3) is 0.571. The molecule has 0 amide bonds. The molecule has 1 saturated heterocycles. The van der Waals surface area contributed by atoms with E-state index in [1.165, 1.54) is 12.1 Å². The summed E-state index contributed by atoms with van der Waals surface area (Å²) >= 11 is 0. The van der Waals surface area contributed by atoms with Crippen LogP contribution in [0, 0.1) is 5.82 Å². The van der Waals surface area contributed by atoms with E-state index in [9.17, 15) is 4.39 Å². The molecule has 1 aliphatic rings. The molecular formula is C14H21FN2O. The van der Waals surface area contributed by atoms with Crippen molar-refractivity contribution >= 4 is 0 Å². The third-order valence-corrected chi connectivity index (χ3v) is 3.53. The predicted octanol–water partition coefficient (Wildman–Crippen LogP) is 1.93. The second-order valence-corrected chi connectivity index (χ2v) is 4.99. The van der Waals surface area contributed by atoms with Crippen molar-refractivity contribution in [3.63, 3.8) is 0 Å². The first kappa shape index (κ1) is 13.5. The van der Waals surface area contributed by atoms with Gasteiger partial charge in [-0.3, -0.25) is 4.90 Å². The standard InChI is InChI=1S/C14H21FN2O/c1-10-9-18-11(2)8-17(10)14(7-16)12-3-5-13(15)6-4-12/h3-6,10-11,14H,7-9,16H2,1-2H3. The molecule has 0 bridgehead atoms. The van der Waals surface area contributed by atoms with Crippen LogP contribution >= 0.6 is 0 Å². The molecule has 4 heteroatoms. The van der Waals surface area contributed by atoms with Crippen molar-refractivity contribution in [3.05, 3.63) is 35.6 Å². The molecule has 1 fully saturated rings. The van der Waals surface area contributed by atoms with E-state index in [2.05, 4.69) is 18.7 Å². The molecular weight excluding hydrogens is 231 g/mol. The highest BCUT2D eigenvalue weighted by atomic mass is 19.1. The number of morpholine rings is 1. The molecule has 2 N–H and O–H groups in total. The van der Waals surface area contributed by atoms with Crippen molar-refractivity contribution in [3.8, 4) is 0 Å². The molecule has 1 aromatic carbocycles. The second kappa shape index (κ2) is 5.78. The van der Waals surface area contributed by atoms with Gasteiger partial charge in [-0.1, -0.05) is 12.1 Å². The normalized spacial score (nSPS) is 27.1. The summed E-state index contributed by atoms with van der Waals surface area (Å²) in [5.41, 5.74) is 6.97. The van der Waals surface area contributed by atoms with Crippen LogP contribution in [0.2, 0.25) is 0 Å². The Morgan fingerprint density at radius 1 is 1.39 bits per heavy atom. The van der Waals surface area contributed by atoms with Crippen LogP contribution in [0.25, 0.3) is 0 Å². The van der Waals surface area contributed by atoms with E-state index in [-0.39, 0.29) is 18.0 Å². The highest BCUT2D eigenvalue weighted by Crippen LogP contribution is 2.25. The lowest BCUT2D eigenvalue weighted by Gasteiger charge is -2.41. The Balaban J connectivity index is 2.19. The molecule has 3 unspecified atom stereocenters. The van der Waals surface area contributed by atoms with E-state index in [1.54, 1.807) is 0 Å². The Hall–Kier alpha value is -0.970. The summed E-state index contributed by atoms with van der Waals surface area (Å²) in [5, 5.41) is 0. The van der Waals surface area contributed by atoms with E-state index in [0.29, 0.717) is 12.6 Å². The Kier molecular flexibility index (Phi) is 4.32. The highest BCUT2D eigenvalue weighted by Gasteiger charge is 2.29. The van der Waals surface area contributed by atoms with Gasteiger partial charge >= 0.3 is 0 Å². The lowest BCUT2D eigenvalue weighted by atomic mass is 10.0. The van der Waals surface area contributed by atoms with Crippen LogP contribution in [-0.2, 0) is 4.74 Å². The van der Waals surface area contributed by atoms with Gasteiger partial charge in [-0.25, -0.2) is 4.39 Å². The fourth-order valence-electron chi connectivity index (χ4n) is 2.51. The SMILES string of the molecule is CC1CN(C(CN)c2ccc(F)cc2)C(C)CO1. The Morgan fingerprint density at radius 3 is 2.67 bits per heavy atom. The molecule has 0 aliphatic carbocycles. The summed E-state index contributed by atoms with van der Waals surface area (Å²) in [6, 6.07) is 7.09. The average molecular weight is 252 g/mol. The number of halogens is 1. The number of ether oxygens (including phenoxy) is 1. The molecule has 1 aromatic rings. The summed E-state index contributed by atoms with van der Waals surface area (Å²) in [7, 11) is 0. The number of nitrogens with two attached hydrogens (primary N) is 1. The molecule has 100 valence electrons. The van der Waals surface area contributed by atoms with E-state index in [1.807, 2.05) is 12.1 Å². The number of rotatable bonds is 3. The van der Waals surface area contributed by atoms with E-state index >= 15 is 0 Å². The van der Waals surface area contributed by atoms with E-state index in [0.717, 1.165) is 18.7 Å². The van der Waals surface area contributed by atoms with E-state index in [4.69, 9.17) is 10.5 Å². The molecule has 18 heavy (non-hydrogen) atoms. The molecule has 3 nitrogen and oxygen atoms in total. The first-order valence-electron chi connectivity index (χ1n) is 6.44. The van der Waals surface area contributed by atoms with Crippen molar-refractivity contribution in [1.82, 2.24) is 4.90 Å². The molecule has 0 radical (unpaired) electrons. The Labute approximate surface area is 108 Å². The zero-order valence-electron chi connectivity index (χ0n) is 11.0. The van der Waals surface area contributed by atoms with Crippen molar-refractivity contribution < 1.29 is 9.13 Å². The van der Waals surface area contributed by atoms with Crippen LogP contribution in [0.5, 0.6) is 0 Å². The Morgan fingerprint density at radius 2 is 2.06 bits per heavy atom. The molecule has 0 spiro atoms. The van der Waals surface area contributed by atoms with Gasteiger partial charge in [0.25, 0.3) is 0 Å². The van der Waals surface area contributed by atoms with Crippen LogP contribution in [0.4, 0.5) is 4.39 Å². The molecule has 1 heterocycles. The zero-order valence-corrected chi connectivity index (χ0v) is 11.0. The maximum atomic E-state index is 13.0. The highest BCUT2D eigenvalue weighted by molar-refractivity contribution is 5.20. The van der Waals surface area contributed by atoms with Crippen LogP contribution in [0.3, 0.4) is 0 Å². The van der Waals surface area contributed by atoms with Crippen LogP contribution in [-0.4, -0.2) is 36.7 Å². The number of hydrogen-bond acceptors (Lipinski definition) is 3. The Bertz CT molecular complexity index is 382. The van der Waals surface area contributed by atoms with Gasteiger partial charge in [0, 0.05) is 25.2 Å². The van der Waals surface area contributed by atoms with Gasteiger partial charge in [0.15, 0.2) is 0 Å². The van der Waals surface area contributed by atoms with Gasteiger partial charge in [-0.2, -0.15) is 0 Å². The summed E-state index contributed by atoms with van der Waals surface area (Å²) in [4.78, 5) is 2.35. The molecule has 2 rings (SSSR count). The van der Waals surface area contributed by atoms with Crippen molar-refractivity contribution in [2.24, 2.45) is 5.73 Å². The quantitative estimate of drug-likeness (QED) is 0.893. The molecule has 1 aliphatic heterocycles. The van der Waals surface area contributed by atoms with Crippen molar-refractivity contribution in [2.45, 2.75) is 32.0 Å². The minimum absolute atomic E-state index is 0.131. The smallest absolute Gasteiger partial charge is 0.123 e. The average Bonchev–Trinajstić information content (AvgIpc) is 2.37. The predicted molar refractivity (Wildman–Crippen MR) is 69.8 cm³/mol. The fourth-order valence-corrected chi connectivity index (χ4v) is 2.51. The first-order chi connectivity index (χ1) is 8.61. The lowest BCUT2D eigenvalue weighted by molar-refractivity contribution is -0.0653. The lowest BCUT2D eigenvalue weighted by Crippen LogP contribution is -2.50. The molecule has 3 atom stereocenters. The van der Waals surface area contributed by atoms with Crippen molar-refractivity contribution in [2.75, 3.05) is 19.7 Å². The van der Waals surface area contributed by atoms with Crippen LogP contribution < -0.4 is 5.73 Å². The zero-order chi connectivity index (χ0) is 13.1. The molecule has 0 saturated carbocycles. The van der Waals surface area contributed by atoms with Crippen molar-refractivity contribution in [1.29, 1.82) is 0 Å². The monoisotopic (exact) mass is 252 g/mol. The maximum Gasteiger partial charge on any atom is 0.123 e. The molecule has 0 aromatic heterocycles. The van der Waals surface area contributed by atoms with Gasteiger partial charge in [0.05, 0.1) is 12.7 Å². The minimum Gasteiger partial charge on any atom is -0.376 e.